The fraction of sp³-hybridized carbons (Fsp3) is 0.692. The van der Waals surface area contributed by atoms with Crippen LogP contribution in [0.4, 0.5) is 11.5 Å². The Bertz CT molecular complexity index is 423. The summed E-state index contributed by atoms with van der Waals surface area (Å²) in [6, 6.07) is 1.08. The minimum Gasteiger partial charge on any atom is -0.383 e. The van der Waals surface area contributed by atoms with Crippen molar-refractivity contribution in [2.24, 2.45) is 0 Å². The lowest BCUT2D eigenvalue weighted by atomic mass is 9.90. The van der Waals surface area contributed by atoms with Crippen LogP contribution in [0.3, 0.4) is 0 Å². The average molecular weight is 284 g/mol. The Balaban J connectivity index is 2.06. The van der Waals surface area contributed by atoms with Crippen LogP contribution in [-0.2, 0) is 0 Å². The van der Waals surface area contributed by atoms with E-state index in [0.29, 0.717) is 17.2 Å². The van der Waals surface area contributed by atoms with Crippen molar-refractivity contribution in [3.05, 3.63) is 11.5 Å². The minimum absolute atomic E-state index is 0.444. The largest absolute Gasteiger partial charge is 0.383 e. The Morgan fingerprint density at radius 2 is 2.11 bits per heavy atom. The summed E-state index contributed by atoms with van der Waals surface area (Å²) in [5.74, 6) is 0.798. The number of nitrogens with one attached hydrogen (secondary N) is 2. The molecule has 1 aliphatic carbocycles. The van der Waals surface area contributed by atoms with Crippen LogP contribution in [0, 0.1) is 0 Å². The highest BCUT2D eigenvalue weighted by Gasteiger charge is 2.24. The van der Waals surface area contributed by atoms with Gasteiger partial charge in [0, 0.05) is 19.1 Å². The quantitative estimate of drug-likeness (QED) is 0.832. The molecule has 0 saturated heterocycles. The molecule has 0 aliphatic heterocycles. The number of anilines is 2. The van der Waals surface area contributed by atoms with Crippen LogP contribution >= 0.6 is 11.6 Å². The van der Waals surface area contributed by atoms with Gasteiger partial charge >= 0.3 is 0 Å². The Kier molecular flexibility index (Phi) is 4.82. The maximum Gasteiger partial charge on any atom is 0.157 e. The molecule has 1 saturated carbocycles. The van der Waals surface area contributed by atoms with Gasteiger partial charge in [0.1, 0.15) is 12.0 Å². The molecule has 2 atom stereocenters. The Hall–Kier alpha value is -1.07. The first kappa shape index (κ1) is 14.3. The third kappa shape index (κ3) is 3.48. The van der Waals surface area contributed by atoms with E-state index in [1.54, 1.807) is 0 Å². The van der Waals surface area contributed by atoms with E-state index in [-0.39, 0.29) is 0 Å². The van der Waals surface area contributed by atoms with Gasteiger partial charge in [-0.2, -0.15) is 0 Å². The minimum atomic E-state index is 0.444. The number of nitrogens with zero attached hydrogens (tertiary/aromatic N) is 3. The second-order valence-electron chi connectivity index (χ2n) is 5.26. The monoisotopic (exact) mass is 283 g/mol. The zero-order valence-electron chi connectivity index (χ0n) is 11.8. The van der Waals surface area contributed by atoms with Gasteiger partial charge in [-0.15, -0.1) is 0 Å². The zero-order chi connectivity index (χ0) is 13.8. The van der Waals surface area contributed by atoms with Gasteiger partial charge in [0.15, 0.2) is 11.0 Å². The molecule has 0 spiro atoms. The van der Waals surface area contributed by atoms with E-state index in [4.69, 9.17) is 11.6 Å². The van der Waals surface area contributed by atoms with E-state index in [1.807, 2.05) is 7.05 Å². The maximum atomic E-state index is 6.06. The highest BCUT2D eigenvalue weighted by atomic mass is 35.5. The first-order chi connectivity index (χ1) is 9.11. The Morgan fingerprint density at radius 3 is 2.79 bits per heavy atom. The predicted molar refractivity (Wildman–Crippen MR) is 79.9 cm³/mol. The summed E-state index contributed by atoms with van der Waals surface area (Å²) in [4.78, 5) is 10.6. The molecule has 106 valence electrons. The number of rotatable bonds is 4. The summed E-state index contributed by atoms with van der Waals surface area (Å²) in [5.41, 5.74) is 0.774. The van der Waals surface area contributed by atoms with Crippen LogP contribution in [0.15, 0.2) is 6.33 Å². The van der Waals surface area contributed by atoms with Crippen molar-refractivity contribution in [1.82, 2.24) is 14.9 Å². The molecule has 5 nitrogen and oxygen atoms in total. The normalized spacial score (nSPS) is 23.4. The smallest absolute Gasteiger partial charge is 0.157 e. The topological polar surface area (TPSA) is 53.1 Å². The van der Waals surface area contributed by atoms with Crippen LogP contribution in [-0.4, -0.2) is 48.1 Å². The summed E-state index contributed by atoms with van der Waals surface area (Å²) >= 11 is 6.06. The molecule has 1 aromatic rings. The van der Waals surface area contributed by atoms with Crippen LogP contribution < -0.4 is 10.6 Å². The molecule has 6 heteroatoms. The molecular formula is C13H22ClN5. The fourth-order valence-corrected chi connectivity index (χ4v) is 2.88. The summed E-state index contributed by atoms with van der Waals surface area (Å²) < 4.78 is 0. The highest BCUT2D eigenvalue weighted by Crippen LogP contribution is 2.29. The van der Waals surface area contributed by atoms with Crippen molar-refractivity contribution in [1.29, 1.82) is 0 Å². The lowest BCUT2D eigenvalue weighted by Gasteiger charge is -2.34. The van der Waals surface area contributed by atoms with Crippen LogP contribution in [0.2, 0.25) is 5.15 Å². The molecule has 2 rings (SSSR count). The summed E-state index contributed by atoms with van der Waals surface area (Å²) in [6.45, 7) is 0. The lowest BCUT2D eigenvalue weighted by molar-refractivity contribution is 0.219. The number of hydrogen-bond donors (Lipinski definition) is 2. The van der Waals surface area contributed by atoms with E-state index in [0.717, 1.165) is 17.9 Å². The van der Waals surface area contributed by atoms with Gasteiger partial charge < -0.3 is 15.5 Å². The number of hydrogen-bond acceptors (Lipinski definition) is 5. The molecule has 0 aromatic carbocycles. The van der Waals surface area contributed by atoms with E-state index in [2.05, 4.69) is 39.6 Å². The fourth-order valence-electron chi connectivity index (χ4n) is 2.65. The van der Waals surface area contributed by atoms with Crippen LogP contribution in [0.1, 0.15) is 25.7 Å². The van der Waals surface area contributed by atoms with E-state index in [9.17, 15) is 0 Å². The van der Waals surface area contributed by atoms with E-state index < -0.39 is 0 Å². The van der Waals surface area contributed by atoms with Gasteiger partial charge in [-0.1, -0.05) is 11.6 Å². The second kappa shape index (κ2) is 6.39. The molecule has 1 aromatic heterocycles. The first-order valence-electron chi connectivity index (χ1n) is 6.73. The maximum absolute atomic E-state index is 6.06. The molecule has 0 radical (unpaired) electrons. The molecule has 1 fully saturated rings. The van der Waals surface area contributed by atoms with Gasteiger partial charge in [0.05, 0.1) is 0 Å². The molecule has 1 heterocycles. The SMILES string of the molecule is CNc1c(Cl)ncnc1NC1CCCC(N(C)C)C1. The molecule has 0 bridgehead atoms. The highest BCUT2D eigenvalue weighted by molar-refractivity contribution is 6.32. The van der Waals surface area contributed by atoms with Gasteiger partial charge in [0.2, 0.25) is 0 Å². The number of aromatic nitrogens is 2. The zero-order valence-corrected chi connectivity index (χ0v) is 12.5. The van der Waals surface area contributed by atoms with E-state index >= 15 is 0 Å². The van der Waals surface area contributed by atoms with Gasteiger partial charge in [-0.3, -0.25) is 0 Å². The van der Waals surface area contributed by atoms with E-state index in [1.165, 1.54) is 25.6 Å². The third-order valence-corrected chi connectivity index (χ3v) is 4.06. The van der Waals surface area contributed by atoms with Crippen LogP contribution in [0.5, 0.6) is 0 Å². The molecule has 1 aliphatic rings. The molecule has 0 amide bonds. The molecular weight excluding hydrogens is 262 g/mol. The van der Waals surface area contributed by atoms with Gasteiger partial charge in [-0.05, 0) is 39.8 Å². The predicted octanol–water partition coefficient (Wildman–Crippen LogP) is 2.46. The number of halogens is 1. The van der Waals surface area contributed by atoms with Crippen molar-refractivity contribution in [3.8, 4) is 0 Å². The summed E-state index contributed by atoms with van der Waals surface area (Å²) in [7, 11) is 6.13. The van der Waals surface area contributed by atoms with Crippen molar-refractivity contribution in [3.63, 3.8) is 0 Å². The van der Waals surface area contributed by atoms with Gasteiger partial charge in [0.25, 0.3) is 0 Å². The molecule has 2 unspecified atom stereocenters. The summed E-state index contributed by atoms with van der Waals surface area (Å²) in [5, 5.41) is 7.02. The van der Waals surface area contributed by atoms with Crippen molar-refractivity contribution in [2.45, 2.75) is 37.8 Å². The van der Waals surface area contributed by atoms with Crippen molar-refractivity contribution in [2.75, 3.05) is 31.8 Å². The average Bonchev–Trinajstić information content (AvgIpc) is 2.39. The third-order valence-electron chi connectivity index (χ3n) is 3.77. The lowest BCUT2D eigenvalue weighted by Crippen LogP contribution is -2.38. The van der Waals surface area contributed by atoms with Gasteiger partial charge in [-0.25, -0.2) is 9.97 Å². The second-order valence-corrected chi connectivity index (χ2v) is 5.62. The molecule has 19 heavy (non-hydrogen) atoms. The Morgan fingerprint density at radius 1 is 1.32 bits per heavy atom. The van der Waals surface area contributed by atoms with Crippen LogP contribution in [0.25, 0.3) is 0 Å². The standard InChI is InChI=1S/C13H22ClN5/c1-15-11-12(14)16-8-17-13(11)18-9-5-4-6-10(7-9)19(2)3/h8-10,15H,4-7H2,1-3H3,(H,16,17,18). The van der Waals surface area contributed by atoms with Crippen molar-refractivity contribution >= 4 is 23.1 Å². The Labute approximate surface area is 119 Å². The summed E-state index contributed by atoms with van der Waals surface area (Å²) in [6.07, 6.45) is 6.33. The van der Waals surface area contributed by atoms with Crippen molar-refractivity contribution < 1.29 is 0 Å². The first-order valence-corrected chi connectivity index (χ1v) is 7.10. The molecule has 2 N–H and O–H groups in total.